The summed E-state index contributed by atoms with van der Waals surface area (Å²) in [7, 11) is 5.10. The van der Waals surface area contributed by atoms with E-state index in [0.717, 1.165) is 5.46 Å². The number of hydrogen-bond acceptors (Lipinski definition) is 4. The van der Waals surface area contributed by atoms with E-state index in [0.29, 0.717) is 0 Å². The minimum Gasteiger partial charge on any atom is -0.399 e. The van der Waals surface area contributed by atoms with Gasteiger partial charge in [-0.3, -0.25) is 9.16 Å². The second-order valence-electron chi connectivity index (χ2n) is 7.47. The van der Waals surface area contributed by atoms with Crippen molar-refractivity contribution in [3.8, 4) is 0 Å². The topological polar surface area (TPSA) is 53.4 Å². The molecule has 21 heavy (non-hydrogen) atoms. The van der Waals surface area contributed by atoms with Gasteiger partial charge in [-0.1, -0.05) is 0 Å². The minimum absolute atomic E-state index is 0.0820. The van der Waals surface area contributed by atoms with Crippen LogP contribution in [-0.2, 0) is 20.6 Å². The Kier molecular flexibility index (Phi) is 3.80. The molecule has 0 aromatic carbocycles. The van der Waals surface area contributed by atoms with Crippen molar-refractivity contribution in [2.45, 2.75) is 45.4 Å². The molecule has 0 bridgehead atoms. The average Bonchev–Trinajstić information content (AvgIpc) is 2.81. The molecule has 1 aliphatic heterocycles. The zero-order chi connectivity index (χ0) is 16.1. The van der Waals surface area contributed by atoms with E-state index in [1.165, 1.54) is 0 Å². The van der Waals surface area contributed by atoms with Gasteiger partial charge in [0.1, 0.15) is 0 Å². The number of rotatable bonds is 3. The maximum absolute atomic E-state index is 12.0. The summed E-state index contributed by atoms with van der Waals surface area (Å²) < 4.78 is 13.8. The van der Waals surface area contributed by atoms with Crippen molar-refractivity contribution in [2.24, 2.45) is 0 Å². The first kappa shape index (κ1) is 16.2. The fraction of sp³-hybridized carbons (Fsp3) is 0.714. The predicted molar refractivity (Wildman–Crippen MR) is 81.0 cm³/mol. The highest BCUT2D eigenvalue weighted by atomic mass is 16.7. The highest BCUT2D eigenvalue weighted by Crippen LogP contribution is 2.36. The first-order valence-corrected chi connectivity index (χ1v) is 7.15. The number of nitrogens with zero attached hydrogens (tertiary/aromatic N) is 3. The molecule has 2 rings (SSSR count). The summed E-state index contributed by atoms with van der Waals surface area (Å²) in [6, 6.07) is 0. The molecular formula is C14H25BN3O3+. The van der Waals surface area contributed by atoms with E-state index in [4.69, 9.17) is 9.31 Å². The quantitative estimate of drug-likeness (QED) is 0.599. The zero-order valence-electron chi connectivity index (χ0n) is 14.0. The van der Waals surface area contributed by atoms with E-state index < -0.39 is 7.12 Å². The molecule has 0 spiro atoms. The maximum Gasteiger partial charge on any atom is 0.498 e. The molecule has 6 nitrogen and oxygen atoms in total. The number of amides is 1. The lowest BCUT2D eigenvalue weighted by Crippen LogP contribution is -2.43. The summed E-state index contributed by atoms with van der Waals surface area (Å²) in [5.74, 6) is 0.0820. The highest BCUT2D eigenvalue weighted by Gasteiger charge is 2.52. The van der Waals surface area contributed by atoms with Crippen molar-refractivity contribution in [3.05, 3.63) is 12.4 Å². The van der Waals surface area contributed by atoms with Crippen LogP contribution in [-0.4, -0.2) is 59.6 Å². The molecule has 1 fully saturated rings. The van der Waals surface area contributed by atoms with Gasteiger partial charge in [-0.05, 0) is 27.7 Å². The summed E-state index contributed by atoms with van der Waals surface area (Å²) >= 11 is 0. The van der Waals surface area contributed by atoms with Crippen LogP contribution < -0.4 is 5.46 Å². The van der Waals surface area contributed by atoms with Crippen LogP contribution in [0.5, 0.6) is 0 Å². The predicted octanol–water partition coefficient (Wildman–Crippen LogP) is 0.415. The molecular weight excluding hydrogens is 269 g/mol. The molecule has 0 N–H and O–H groups in total. The summed E-state index contributed by atoms with van der Waals surface area (Å²) in [5.41, 5.74) is 0.0818. The van der Waals surface area contributed by atoms with Gasteiger partial charge in [0.15, 0.2) is 6.54 Å². The van der Waals surface area contributed by atoms with E-state index in [-0.39, 0.29) is 28.1 Å². The highest BCUT2D eigenvalue weighted by molar-refractivity contribution is 6.62. The van der Waals surface area contributed by atoms with Crippen molar-refractivity contribution < 1.29 is 18.6 Å². The summed E-state index contributed by atoms with van der Waals surface area (Å²) in [6.07, 6.45) is 3.51. The third kappa shape index (κ3) is 3.20. The SMILES string of the molecule is CC1(C)OB(c2cnn(CC(=O)[N+](C)(C)C)c2)OC1(C)C. The second kappa shape index (κ2) is 4.93. The molecule has 1 amide bonds. The van der Waals surface area contributed by atoms with Gasteiger partial charge in [0.2, 0.25) is 0 Å². The molecule has 1 aromatic rings. The first-order chi connectivity index (χ1) is 9.42. The smallest absolute Gasteiger partial charge is 0.399 e. The van der Waals surface area contributed by atoms with Crippen molar-refractivity contribution in [1.29, 1.82) is 0 Å². The Labute approximate surface area is 126 Å². The van der Waals surface area contributed by atoms with E-state index in [1.54, 1.807) is 10.9 Å². The van der Waals surface area contributed by atoms with Gasteiger partial charge in [0.05, 0.1) is 32.3 Å². The van der Waals surface area contributed by atoms with E-state index in [2.05, 4.69) is 5.10 Å². The van der Waals surface area contributed by atoms with Crippen LogP contribution in [0.25, 0.3) is 0 Å². The van der Waals surface area contributed by atoms with E-state index >= 15 is 0 Å². The van der Waals surface area contributed by atoms with Crippen LogP contribution in [0.1, 0.15) is 27.7 Å². The number of aromatic nitrogens is 2. The molecule has 7 heteroatoms. The number of carbonyl (C=O) groups is 1. The van der Waals surface area contributed by atoms with Gasteiger partial charge < -0.3 is 9.31 Å². The Morgan fingerprint density at radius 3 is 2.24 bits per heavy atom. The van der Waals surface area contributed by atoms with Crippen molar-refractivity contribution in [2.75, 3.05) is 21.1 Å². The lowest BCUT2D eigenvalue weighted by molar-refractivity contribution is -0.792. The molecule has 0 atom stereocenters. The monoisotopic (exact) mass is 294 g/mol. The van der Waals surface area contributed by atoms with Crippen molar-refractivity contribution in [1.82, 2.24) is 9.78 Å². The molecule has 116 valence electrons. The fourth-order valence-corrected chi connectivity index (χ4v) is 1.92. The molecule has 0 aliphatic carbocycles. The van der Waals surface area contributed by atoms with Gasteiger partial charge in [0, 0.05) is 17.9 Å². The largest absolute Gasteiger partial charge is 0.498 e. The molecule has 1 aliphatic rings. The Bertz CT molecular complexity index is 530. The number of likely N-dealkylation sites (N-methyl/N-ethyl adjacent to an activating group) is 1. The third-order valence-corrected chi connectivity index (χ3v) is 4.22. The van der Waals surface area contributed by atoms with Gasteiger partial charge in [-0.25, -0.2) is 4.79 Å². The van der Waals surface area contributed by atoms with Gasteiger partial charge in [-0.2, -0.15) is 5.10 Å². The number of carbonyl (C=O) groups excluding carboxylic acids is 1. The second-order valence-corrected chi connectivity index (χ2v) is 7.47. The Hall–Kier alpha value is -1.18. The number of quaternary nitrogens is 1. The van der Waals surface area contributed by atoms with Crippen LogP contribution in [0.3, 0.4) is 0 Å². The normalized spacial score (nSPS) is 20.8. The first-order valence-electron chi connectivity index (χ1n) is 7.15. The van der Waals surface area contributed by atoms with Gasteiger partial charge >= 0.3 is 13.0 Å². The molecule has 0 saturated carbocycles. The van der Waals surface area contributed by atoms with E-state index in [9.17, 15) is 4.79 Å². The van der Waals surface area contributed by atoms with E-state index in [1.807, 2.05) is 55.0 Å². The molecule has 0 unspecified atom stereocenters. The van der Waals surface area contributed by atoms with Crippen LogP contribution in [0, 0.1) is 0 Å². The Morgan fingerprint density at radius 2 is 1.76 bits per heavy atom. The zero-order valence-corrected chi connectivity index (χ0v) is 14.0. The standard InChI is InChI=1S/C14H25BN3O3/c1-13(2)14(3,4)21-15(20-13)11-8-16-17(9-11)10-12(19)18(5,6)7/h8-9H,10H2,1-7H3/q+1. The van der Waals surface area contributed by atoms with Crippen LogP contribution in [0.2, 0.25) is 0 Å². The van der Waals surface area contributed by atoms with Crippen molar-refractivity contribution in [3.63, 3.8) is 0 Å². The lowest BCUT2D eigenvalue weighted by atomic mass is 9.82. The number of hydrogen-bond donors (Lipinski definition) is 0. The Balaban J connectivity index is 2.10. The fourth-order valence-electron chi connectivity index (χ4n) is 1.92. The molecule has 1 aromatic heterocycles. The maximum atomic E-state index is 12.0. The summed E-state index contributed by atoms with van der Waals surface area (Å²) in [4.78, 5) is 12.0. The van der Waals surface area contributed by atoms with Crippen LogP contribution >= 0.6 is 0 Å². The molecule has 2 heterocycles. The average molecular weight is 294 g/mol. The molecule has 1 saturated heterocycles. The third-order valence-electron chi connectivity index (χ3n) is 4.22. The Morgan fingerprint density at radius 1 is 1.24 bits per heavy atom. The van der Waals surface area contributed by atoms with Crippen LogP contribution in [0.15, 0.2) is 12.4 Å². The van der Waals surface area contributed by atoms with Crippen molar-refractivity contribution >= 4 is 18.5 Å². The van der Waals surface area contributed by atoms with Gasteiger partial charge in [0.25, 0.3) is 0 Å². The molecule has 0 radical (unpaired) electrons. The van der Waals surface area contributed by atoms with Crippen LogP contribution in [0.4, 0.5) is 0 Å². The lowest BCUT2D eigenvalue weighted by Gasteiger charge is -2.32. The summed E-state index contributed by atoms with van der Waals surface area (Å²) in [5, 5.41) is 4.24. The van der Waals surface area contributed by atoms with Gasteiger partial charge in [-0.15, -0.1) is 0 Å². The summed E-state index contributed by atoms with van der Waals surface area (Å²) in [6.45, 7) is 8.29. The minimum atomic E-state index is -0.442.